The molecule has 2 aliphatic rings. The van der Waals surface area contributed by atoms with Gasteiger partial charge in [-0.05, 0) is 12.1 Å². The van der Waals surface area contributed by atoms with Crippen LogP contribution in [0, 0.1) is 0 Å². The summed E-state index contributed by atoms with van der Waals surface area (Å²) in [7, 11) is 0. The van der Waals surface area contributed by atoms with Gasteiger partial charge in [0, 0.05) is 25.7 Å². The molecule has 1 atom stereocenters. The van der Waals surface area contributed by atoms with E-state index in [2.05, 4.69) is 6.07 Å². The first kappa shape index (κ1) is 8.54. The number of hydrogen-bond acceptors (Lipinski definition) is 1. The fourth-order valence-corrected chi connectivity index (χ4v) is 3.42. The Morgan fingerprint density at radius 1 is 1.14 bits per heavy atom. The number of nitrogens with zero attached hydrogens (tertiary/aromatic N) is 1. The van der Waals surface area contributed by atoms with Crippen LogP contribution in [-0.2, 0) is 0 Å². The highest BCUT2D eigenvalue weighted by atomic mass is 16.3. The van der Waals surface area contributed by atoms with Crippen molar-refractivity contribution >= 4 is 0 Å². The Hall–Kier alpha value is -0.760. The normalized spacial score (nSPS) is 30.1. The number of furan rings is 1. The quantitative estimate of drug-likeness (QED) is 0.623. The Morgan fingerprint density at radius 2 is 1.93 bits per heavy atom. The largest absolute Gasteiger partial charge is 0.463 e. The van der Waals surface area contributed by atoms with Gasteiger partial charge in [0.2, 0.25) is 0 Å². The fraction of sp³-hybridized carbons (Fsp3) is 0.667. The molecule has 0 N–H and O–H groups in total. The van der Waals surface area contributed by atoms with Gasteiger partial charge in [0.25, 0.3) is 0 Å². The van der Waals surface area contributed by atoms with Crippen LogP contribution in [0.5, 0.6) is 0 Å². The van der Waals surface area contributed by atoms with Gasteiger partial charge in [0.05, 0.1) is 25.9 Å². The molecule has 0 saturated carbocycles. The van der Waals surface area contributed by atoms with Crippen LogP contribution in [0.15, 0.2) is 22.8 Å². The van der Waals surface area contributed by atoms with Crippen LogP contribution in [-0.4, -0.2) is 24.1 Å². The maximum atomic E-state index is 5.59. The van der Waals surface area contributed by atoms with E-state index in [1.807, 2.05) is 12.3 Å². The number of rotatable bonds is 1. The van der Waals surface area contributed by atoms with Crippen molar-refractivity contribution in [3.63, 3.8) is 0 Å². The van der Waals surface area contributed by atoms with Crippen LogP contribution in [0.4, 0.5) is 0 Å². The molecule has 2 heteroatoms. The average molecular weight is 192 g/mol. The summed E-state index contributed by atoms with van der Waals surface area (Å²) in [5.41, 5.74) is 0. The van der Waals surface area contributed by atoms with Crippen molar-refractivity contribution in [1.29, 1.82) is 0 Å². The van der Waals surface area contributed by atoms with E-state index in [0.29, 0.717) is 6.04 Å². The van der Waals surface area contributed by atoms with Crippen molar-refractivity contribution in [3.8, 4) is 0 Å². The summed E-state index contributed by atoms with van der Waals surface area (Å²) in [5, 5.41) is 0. The van der Waals surface area contributed by atoms with Gasteiger partial charge >= 0.3 is 0 Å². The molecule has 0 amide bonds. The predicted octanol–water partition coefficient (Wildman–Crippen LogP) is 2.73. The molecule has 2 nitrogen and oxygen atoms in total. The summed E-state index contributed by atoms with van der Waals surface area (Å²) in [5.74, 6) is 1.23. The van der Waals surface area contributed by atoms with E-state index in [1.54, 1.807) is 0 Å². The molecule has 14 heavy (non-hydrogen) atoms. The molecule has 0 aromatic carbocycles. The molecule has 2 saturated heterocycles. The van der Waals surface area contributed by atoms with Crippen LogP contribution < -0.4 is 0 Å². The van der Waals surface area contributed by atoms with Gasteiger partial charge in [-0.3, -0.25) is 0 Å². The Balaban J connectivity index is 1.91. The highest BCUT2D eigenvalue weighted by molar-refractivity contribution is 5.03. The van der Waals surface area contributed by atoms with Gasteiger partial charge in [0.1, 0.15) is 6.04 Å². The second-order valence-corrected chi connectivity index (χ2v) is 4.77. The third-order valence-corrected chi connectivity index (χ3v) is 4.07. The van der Waals surface area contributed by atoms with E-state index in [0.717, 1.165) is 0 Å². The van der Waals surface area contributed by atoms with Crippen LogP contribution in [0.2, 0.25) is 0 Å². The first-order valence-electron chi connectivity index (χ1n) is 5.80. The molecule has 0 aliphatic carbocycles. The molecular weight excluding hydrogens is 174 g/mol. The minimum absolute atomic E-state index is 0.674. The van der Waals surface area contributed by atoms with E-state index in [4.69, 9.17) is 4.42 Å². The van der Waals surface area contributed by atoms with Gasteiger partial charge in [0.15, 0.2) is 5.76 Å². The zero-order valence-corrected chi connectivity index (χ0v) is 8.61. The molecule has 3 rings (SSSR count). The average Bonchev–Trinajstić information content (AvgIpc) is 2.91. The summed E-state index contributed by atoms with van der Waals surface area (Å²) in [6.45, 7) is 4.14. The van der Waals surface area contributed by atoms with Crippen LogP contribution in [0.1, 0.15) is 37.5 Å². The second-order valence-electron chi connectivity index (χ2n) is 4.77. The third kappa shape index (κ3) is 1.13. The monoisotopic (exact) mass is 192 g/mol. The molecule has 76 valence electrons. The lowest BCUT2D eigenvalue weighted by Crippen LogP contribution is -2.44. The molecule has 1 spiro atoms. The Morgan fingerprint density at radius 3 is 2.64 bits per heavy atom. The van der Waals surface area contributed by atoms with Crippen molar-refractivity contribution in [1.82, 2.24) is 0 Å². The summed E-state index contributed by atoms with van der Waals surface area (Å²) in [4.78, 5) is 0. The first-order chi connectivity index (χ1) is 6.91. The topological polar surface area (TPSA) is 13.1 Å². The molecule has 1 unspecified atom stereocenters. The lowest BCUT2D eigenvalue weighted by molar-refractivity contribution is -0.934. The lowest BCUT2D eigenvalue weighted by atomic mass is 10.1. The molecule has 0 radical (unpaired) electrons. The smallest absolute Gasteiger partial charge is 0.161 e. The minimum Gasteiger partial charge on any atom is -0.463 e. The van der Waals surface area contributed by atoms with Crippen molar-refractivity contribution in [2.45, 2.75) is 31.7 Å². The maximum Gasteiger partial charge on any atom is 0.161 e. The van der Waals surface area contributed by atoms with E-state index in [1.165, 1.54) is 55.6 Å². The third-order valence-electron chi connectivity index (χ3n) is 4.07. The molecule has 2 aliphatic heterocycles. The fourth-order valence-electron chi connectivity index (χ4n) is 3.42. The van der Waals surface area contributed by atoms with Crippen molar-refractivity contribution in [3.05, 3.63) is 24.2 Å². The lowest BCUT2D eigenvalue weighted by Gasteiger charge is -2.34. The highest BCUT2D eigenvalue weighted by Crippen LogP contribution is 2.42. The van der Waals surface area contributed by atoms with Crippen molar-refractivity contribution in [2.75, 3.05) is 19.6 Å². The summed E-state index contributed by atoms with van der Waals surface area (Å²) >= 11 is 0. The maximum absolute atomic E-state index is 5.59. The molecule has 2 fully saturated rings. The zero-order chi connectivity index (χ0) is 9.43. The van der Waals surface area contributed by atoms with Crippen molar-refractivity contribution in [2.24, 2.45) is 0 Å². The van der Waals surface area contributed by atoms with Gasteiger partial charge in [-0.2, -0.15) is 0 Å². The second kappa shape index (κ2) is 3.13. The first-order valence-corrected chi connectivity index (χ1v) is 5.80. The van der Waals surface area contributed by atoms with Gasteiger partial charge < -0.3 is 8.90 Å². The predicted molar refractivity (Wildman–Crippen MR) is 54.8 cm³/mol. The summed E-state index contributed by atoms with van der Waals surface area (Å²) < 4.78 is 6.92. The summed E-state index contributed by atoms with van der Waals surface area (Å²) in [6.07, 6.45) is 7.35. The Labute approximate surface area is 85.1 Å². The Bertz CT molecular complexity index is 293. The van der Waals surface area contributed by atoms with Crippen LogP contribution in [0.3, 0.4) is 0 Å². The molecule has 1 aromatic rings. The van der Waals surface area contributed by atoms with Crippen LogP contribution >= 0.6 is 0 Å². The highest BCUT2D eigenvalue weighted by Gasteiger charge is 2.45. The van der Waals surface area contributed by atoms with Crippen molar-refractivity contribution < 1.29 is 8.90 Å². The van der Waals surface area contributed by atoms with E-state index in [-0.39, 0.29) is 0 Å². The Kier molecular flexibility index (Phi) is 1.91. The zero-order valence-electron chi connectivity index (χ0n) is 8.61. The SMILES string of the molecule is c1coc(C2CCC[N+]23CCCC3)c1. The summed E-state index contributed by atoms with van der Waals surface area (Å²) in [6, 6.07) is 4.86. The van der Waals surface area contributed by atoms with Gasteiger partial charge in [-0.25, -0.2) is 0 Å². The molecule has 3 heterocycles. The minimum atomic E-state index is 0.674. The molecular formula is C12H18NO+. The molecule has 1 aromatic heterocycles. The number of quaternary nitrogens is 1. The van der Waals surface area contributed by atoms with Gasteiger partial charge in [-0.1, -0.05) is 0 Å². The molecule has 0 bridgehead atoms. The van der Waals surface area contributed by atoms with Crippen LogP contribution in [0.25, 0.3) is 0 Å². The standard InChI is InChI=1S/C12H18NO/c1-2-8-13(7-1)9-3-5-11(13)12-6-4-10-14-12/h4,6,10-11H,1-3,5,7-9H2/q+1. The van der Waals surface area contributed by atoms with E-state index >= 15 is 0 Å². The van der Waals surface area contributed by atoms with E-state index in [9.17, 15) is 0 Å². The van der Waals surface area contributed by atoms with E-state index < -0.39 is 0 Å². The number of hydrogen-bond donors (Lipinski definition) is 0. The van der Waals surface area contributed by atoms with Gasteiger partial charge in [-0.15, -0.1) is 0 Å².